The van der Waals surface area contributed by atoms with Crippen LogP contribution in [0.15, 0.2) is 18.3 Å². The molecule has 0 spiro atoms. The minimum absolute atomic E-state index is 0.159. The Kier molecular flexibility index (Phi) is 1.19. The molecule has 0 aliphatic carbocycles. The van der Waals surface area contributed by atoms with Gasteiger partial charge in [-0.1, -0.05) is 6.92 Å². The molecule has 11 heavy (non-hydrogen) atoms. The van der Waals surface area contributed by atoms with E-state index in [0.717, 1.165) is 5.69 Å². The van der Waals surface area contributed by atoms with Gasteiger partial charge in [-0.3, -0.25) is 4.79 Å². The predicted molar refractivity (Wildman–Crippen MR) is 42.6 cm³/mol. The summed E-state index contributed by atoms with van der Waals surface area (Å²) in [5.41, 5.74) is 0.866. The number of hydrogen-bond donors (Lipinski definition) is 0. The van der Waals surface area contributed by atoms with E-state index < -0.39 is 0 Å². The number of aromatic nitrogens is 1. The van der Waals surface area contributed by atoms with Crippen LogP contribution in [0.1, 0.15) is 30.4 Å². The number of carbonyl (C=O) groups is 1. The van der Waals surface area contributed by atoms with Crippen molar-refractivity contribution >= 4 is 5.78 Å². The average molecular weight is 149 g/mol. The highest BCUT2D eigenvalue weighted by Crippen LogP contribution is 2.30. The quantitative estimate of drug-likeness (QED) is 0.552. The average Bonchev–Trinajstić information content (AvgIpc) is 2.53. The van der Waals surface area contributed by atoms with E-state index in [1.54, 1.807) is 0 Å². The molecular formula is C9H11NO. The molecule has 2 unspecified atom stereocenters. The summed E-state index contributed by atoms with van der Waals surface area (Å²) in [4.78, 5) is 11.4. The van der Waals surface area contributed by atoms with Crippen LogP contribution in [0.2, 0.25) is 0 Å². The molecule has 1 aliphatic heterocycles. The molecule has 0 saturated carbocycles. The smallest absolute Gasteiger partial charge is 0.184 e. The lowest BCUT2D eigenvalue weighted by Gasteiger charge is -2.09. The van der Waals surface area contributed by atoms with Crippen molar-refractivity contribution < 1.29 is 4.79 Å². The molecule has 0 fully saturated rings. The van der Waals surface area contributed by atoms with Gasteiger partial charge in [-0.15, -0.1) is 0 Å². The molecule has 58 valence electrons. The van der Waals surface area contributed by atoms with Gasteiger partial charge in [0, 0.05) is 18.2 Å². The molecule has 1 aliphatic rings. The summed E-state index contributed by atoms with van der Waals surface area (Å²) in [6.07, 6.45) is 1.97. The summed E-state index contributed by atoms with van der Waals surface area (Å²) in [7, 11) is 0. The van der Waals surface area contributed by atoms with Gasteiger partial charge in [0.25, 0.3) is 0 Å². The van der Waals surface area contributed by atoms with Crippen LogP contribution in [0.25, 0.3) is 0 Å². The molecule has 2 heteroatoms. The number of Topliss-reactive ketones (excluding diaryl/α,β-unsaturated/α-hetero) is 1. The zero-order valence-corrected chi connectivity index (χ0v) is 6.74. The molecule has 0 radical (unpaired) electrons. The lowest BCUT2D eigenvalue weighted by molar-refractivity contribution is 0.0935. The molecule has 0 aromatic carbocycles. The van der Waals surface area contributed by atoms with Gasteiger partial charge in [-0.2, -0.15) is 0 Å². The van der Waals surface area contributed by atoms with Crippen LogP contribution in [0.3, 0.4) is 0 Å². The zero-order chi connectivity index (χ0) is 8.01. The monoisotopic (exact) mass is 149 g/mol. The molecule has 2 heterocycles. The molecule has 0 saturated heterocycles. The molecule has 0 amide bonds. The standard InChI is InChI=1S/C9H11NO/c1-6-7(2)10-5-3-4-8(10)9(6)11/h3-7H,1-2H3. The van der Waals surface area contributed by atoms with Crippen LogP contribution in [0, 0.1) is 5.92 Å². The van der Waals surface area contributed by atoms with Gasteiger partial charge >= 0.3 is 0 Å². The van der Waals surface area contributed by atoms with E-state index in [0.29, 0.717) is 6.04 Å². The molecule has 0 N–H and O–H groups in total. The molecule has 2 atom stereocenters. The first-order valence-corrected chi connectivity index (χ1v) is 3.93. The predicted octanol–water partition coefficient (Wildman–Crippen LogP) is 1.88. The van der Waals surface area contributed by atoms with E-state index in [2.05, 4.69) is 6.92 Å². The highest BCUT2D eigenvalue weighted by Gasteiger charge is 2.32. The first-order chi connectivity index (χ1) is 5.22. The van der Waals surface area contributed by atoms with Crippen LogP contribution >= 0.6 is 0 Å². The molecule has 2 rings (SSSR count). The maximum atomic E-state index is 11.4. The number of hydrogen-bond acceptors (Lipinski definition) is 1. The molecule has 0 bridgehead atoms. The van der Waals surface area contributed by atoms with Crippen molar-refractivity contribution in [2.75, 3.05) is 0 Å². The van der Waals surface area contributed by atoms with Crippen molar-refractivity contribution in [1.29, 1.82) is 0 Å². The normalized spacial score (nSPS) is 29.1. The van der Waals surface area contributed by atoms with Crippen molar-refractivity contribution in [3.8, 4) is 0 Å². The van der Waals surface area contributed by atoms with Crippen LogP contribution in [-0.2, 0) is 0 Å². The topological polar surface area (TPSA) is 22.0 Å². The Morgan fingerprint density at radius 2 is 2.18 bits per heavy atom. The summed E-state index contributed by atoms with van der Waals surface area (Å²) in [5, 5.41) is 0. The molecule has 2 nitrogen and oxygen atoms in total. The lowest BCUT2D eigenvalue weighted by Crippen LogP contribution is -2.08. The summed E-state index contributed by atoms with van der Waals surface area (Å²) in [6.45, 7) is 4.07. The second-order valence-corrected chi connectivity index (χ2v) is 3.19. The van der Waals surface area contributed by atoms with Gasteiger partial charge in [0.1, 0.15) is 0 Å². The van der Waals surface area contributed by atoms with Crippen molar-refractivity contribution in [2.45, 2.75) is 19.9 Å². The van der Waals surface area contributed by atoms with Crippen molar-refractivity contribution in [1.82, 2.24) is 4.57 Å². The van der Waals surface area contributed by atoms with E-state index in [1.165, 1.54) is 0 Å². The number of rotatable bonds is 0. The van der Waals surface area contributed by atoms with Crippen molar-refractivity contribution in [3.63, 3.8) is 0 Å². The van der Waals surface area contributed by atoms with Gasteiger partial charge < -0.3 is 4.57 Å². The van der Waals surface area contributed by atoms with E-state index in [4.69, 9.17) is 0 Å². The Labute approximate surface area is 65.8 Å². The highest BCUT2D eigenvalue weighted by molar-refractivity contribution is 5.98. The fraction of sp³-hybridized carbons (Fsp3) is 0.444. The number of nitrogens with zero attached hydrogens (tertiary/aromatic N) is 1. The number of fused-ring (bicyclic) bond motifs is 1. The minimum Gasteiger partial charge on any atom is -0.342 e. The van der Waals surface area contributed by atoms with Crippen LogP contribution < -0.4 is 0 Å². The summed E-state index contributed by atoms with van der Waals surface area (Å²) < 4.78 is 2.05. The maximum Gasteiger partial charge on any atom is 0.184 e. The van der Waals surface area contributed by atoms with Gasteiger partial charge in [0.2, 0.25) is 0 Å². The van der Waals surface area contributed by atoms with E-state index in [9.17, 15) is 4.79 Å². The van der Waals surface area contributed by atoms with Gasteiger partial charge in [-0.25, -0.2) is 0 Å². The first kappa shape index (κ1) is 6.65. The maximum absolute atomic E-state index is 11.4. The van der Waals surface area contributed by atoms with E-state index >= 15 is 0 Å². The Balaban J connectivity index is 2.56. The van der Waals surface area contributed by atoms with Crippen molar-refractivity contribution in [2.24, 2.45) is 5.92 Å². The van der Waals surface area contributed by atoms with Gasteiger partial charge in [0.15, 0.2) is 5.78 Å². The second-order valence-electron chi connectivity index (χ2n) is 3.19. The molecular weight excluding hydrogens is 138 g/mol. The Morgan fingerprint density at radius 3 is 2.82 bits per heavy atom. The van der Waals surface area contributed by atoms with Crippen molar-refractivity contribution in [3.05, 3.63) is 24.0 Å². The fourth-order valence-electron chi connectivity index (χ4n) is 1.65. The highest BCUT2D eigenvalue weighted by atomic mass is 16.1. The third-order valence-corrected chi connectivity index (χ3v) is 2.61. The zero-order valence-electron chi connectivity index (χ0n) is 6.74. The van der Waals surface area contributed by atoms with Gasteiger partial charge in [-0.05, 0) is 19.1 Å². The Bertz CT molecular complexity index is 300. The third-order valence-electron chi connectivity index (χ3n) is 2.61. The van der Waals surface area contributed by atoms with Gasteiger partial charge in [0.05, 0.1) is 5.69 Å². The first-order valence-electron chi connectivity index (χ1n) is 3.93. The Morgan fingerprint density at radius 1 is 1.45 bits per heavy atom. The fourth-order valence-corrected chi connectivity index (χ4v) is 1.65. The second kappa shape index (κ2) is 1.97. The van der Waals surface area contributed by atoms with E-state index in [-0.39, 0.29) is 11.7 Å². The largest absolute Gasteiger partial charge is 0.342 e. The summed E-state index contributed by atoms with van der Waals surface area (Å²) >= 11 is 0. The summed E-state index contributed by atoms with van der Waals surface area (Å²) in [6, 6.07) is 4.16. The van der Waals surface area contributed by atoms with Crippen LogP contribution in [0.5, 0.6) is 0 Å². The van der Waals surface area contributed by atoms with E-state index in [1.807, 2.05) is 29.8 Å². The van der Waals surface area contributed by atoms with Crippen LogP contribution in [-0.4, -0.2) is 10.4 Å². The number of carbonyl (C=O) groups excluding carboxylic acids is 1. The minimum atomic E-state index is 0.159. The van der Waals surface area contributed by atoms with Crippen LogP contribution in [0.4, 0.5) is 0 Å². The third kappa shape index (κ3) is 0.694. The number of ketones is 1. The SMILES string of the molecule is CC1C(=O)c2cccn2C1C. The molecule has 1 aromatic heterocycles. The lowest BCUT2D eigenvalue weighted by atomic mass is 10.0. The summed E-state index contributed by atoms with van der Waals surface area (Å²) in [5.74, 6) is 0.439. The Hall–Kier alpha value is -1.05. The molecule has 1 aromatic rings.